The lowest BCUT2D eigenvalue weighted by Crippen LogP contribution is -2.14. The summed E-state index contributed by atoms with van der Waals surface area (Å²) in [6.45, 7) is 9.04. The fourth-order valence-electron chi connectivity index (χ4n) is 0.952. The van der Waals surface area contributed by atoms with Gasteiger partial charge in [0.1, 0.15) is 0 Å². The Bertz CT molecular complexity index is 72.0. The van der Waals surface area contributed by atoms with E-state index in [1.165, 1.54) is 38.1 Å². The second-order valence-corrected chi connectivity index (χ2v) is 3.84. The number of hydrogen-bond donors (Lipinski definition) is 0. The molecule has 0 heterocycles. The van der Waals surface area contributed by atoms with Gasteiger partial charge in [-0.25, -0.2) is 0 Å². The maximum Gasteiger partial charge on any atom is 0.00808 e. The van der Waals surface area contributed by atoms with Crippen molar-refractivity contribution < 1.29 is 0 Å². The van der Waals surface area contributed by atoms with Crippen molar-refractivity contribution in [1.29, 1.82) is 0 Å². The lowest BCUT2D eigenvalue weighted by molar-refractivity contribution is 0.523. The second-order valence-electron chi connectivity index (χ2n) is 2.65. The minimum Gasteiger partial charge on any atom is -0.251 e. The molecule has 0 aromatic heterocycles. The fraction of sp³-hybridized carbons (Fsp3) is 1.00. The highest BCUT2D eigenvalue weighted by Crippen LogP contribution is 2.11. The predicted octanol–water partition coefficient (Wildman–Crippen LogP) is 3.17. The zero-order valence-electron chi connectivity index (χ0n) is 8.10. The van der Waals surface area contributed by atoms with Crippen molar-refractivity contribution in [3.8, 4) is 0 Å². The smallest absolute Gasteiger partial charge is 0.00808 e. The molecule has 0 fully saturated rings. The molecule has 11 heavy (non-hydrogen) atoms. The van der Waals surface area contributed by atoms with Crippen LogP contribution in [0.1, 0.15) is 40.0 Å². The second kappa shape index (κ2) is 8.41. The molecule has 1 nitrogen and oxygen atoms in total. The largest absolute Gasteiger partial charge is 0.251 e. The van der Waals surface area contributed by atoms with E-state index in [0.29, 0.717) is 0 Å². The average molecular weight is 175 g/mol. The van der Waals surface area contributed by atoms with Gasteiger partial charge in [-0.3, -0.25) is 4.31 Å². The van der Waals surface area contributed by atoms with E-state index in [-0.39, 0.29) is 0 Å². The summed E-state index contributed by atoms with van der Waals surface area (Å²) < 4.78 is 2.41. The standard InChI is InChI=1S/C9H21NS/c1-4-7-8-9-11-10(5-2)6-3/h4-9H2,1-3H3. The Morgan fingerprint density at radius 2 is 1.64 bits per heavy atom. The molecule has 0 radical (unpaired) electrons. The van der Waals surface area contributed by atoms with Gasteiger partial charge in [-0.15, -0.1) is 0 Å². The molecule has 0 aliphatic heterocycles. The van der Waals surface area contributed by atoms with Crippen LogP contribution < -0.4 is 0 Å². The minimum atomic E-state index is 1.17. The molecule has 0 amide bonds. The molecule has 0 aromatic rings. The Kier molecular flexibility index (Phi) is 8.64. The maximum atomic E-state index is 2.41. The summed E-state index contributed by atoms with van der Waals surface area (Å²) >= 11 is 1.99. The van der Waals surface area contributed by atoms with E-state index in [9.17, 15) is 0 Å². The molecule has 0 aliphatic rings. The van der Waals surface area contributed by atoms with Crippen molar-refractivity contribution in [3.05, 3.63) is 0 Å². The molecule has 0 aliphatic carbocycles. The number of hydrogen-bond acceptors (Lipinski definition) is 2. The third-order valence-corrected chi connectivity index (χ3v) is 3.08. The summed E-state index contributed by atoms with van der Waals surface area (Å²) in [5.74, 6) is 1.30. The summed E-state index contributed by atoms with van der Waals surface area (Å²) in [7, 11) is 0. The summed E-state index contributed by atoms with van der Waals surface area (Å²) in [6, 6.07) is 0. The molecule has 0 saturated heterocycles. The van der Waals surface area contributed by atoms with Gasteiger partial charge in [-0.05, 0) is 6.42 Å². The van der Waals surface area contributed by atoms with Crippen LogP contribution in [0.15, 0.2) is 0 Å². The van der Waals surface area contributed by atoms with Crippen LogP contribution in [-0.4, -0.2) is 23.1 Å². The van der Waals surface area contributed by atoms with Crippen molar-refractivity contribution >= 4 is 11.9 Å². The summed E-state index contributed by atoms with van der Waals surface area (Å²) in [5.41, 5.74) is 0. The zero-order chi connectivity index (χ0) is 8.53. The molecular formula is C9H21NS. The zero-order valence-corrected chi connectivity index (χ0v) is 8.91. The minimum absolute atomic E-state index is 1.17. The molecule has 0 saturated carbocycles. The summed E-state index contributed by atoms with van der Waals surface area (Å²) in [6.07, 6.45) is 4.09. The molecule has 0 aromatic carbocycles. The first-order valence-corrected chi connectivity index (χ1v) is 5.67. The van der Waals surface area contributed by atoms with Gasteiger partial charge in [-0.2, -0.15) is 0 Å². The van der Waals surface area contributed by atoms with E-state index in [1.807, 2.05) is 11.9 Å². The Balaban J connectivity index is 3.07. The van der Waals surface area contributed by atoms with E-state index in [1.54, 1.807) is 0 Å². The molecule has 0 N–H and O–H groups in total. The Morgan fingerprint density at radius 3 is 2.09 bits per heavy atom. The van der Waals surface area contributed by atoms with Gasteiger partial charge >= 0.3 is 0 Å². The molecule has 0 atom stereocenters. The van der Waals surface area contributed by atoms with Gasteiger partial charge < -0.3 is 0 Å². The molecule has 0 unspecified atom stereocenters. The molecule has 0 spiro atoms. The van der Waals surface area contributed by atoms with Gasteiger partial charge in [0.2, 0.25) is 0 Å². The number of rotatable bonds is 7. The monoisotopic (exact) mass is 175 g/mol. The quantitative estimate of drug-likeness (QED) is 0.432. The van der Waals surface area contributed by atoms with Gasteiger partial charge in [0.05, 0.1) is 0 Å². The van der Waals surface area contributed by atoms with E-state index >= 15 is 0 Å². The van der Waals surface area contributed by atoms with Gasteiger partial charge in [-0.1, -0.05) is 45.6 Å². The first kappa shape index (κ1) is 11.3. The fourth-order valence-corrected chi connectivity index (χ4v) is 1.91. The van der Waals surface area contributed by atoms with Crippen LogP contribution in [-0.2, 0) is 0 Å². The third kappa shape index (κ3) is 6.70. The average Bonchev–Trinajstić information content (AvgIpc) is 2.05. The Hall–Kier alpha value is 0.310. The molecule has 0 rings (SSSR count). The lowest BCUT2D eigenvalue weighted by atomic mass is 10.3. The number of nitrogens with zero attached hydrogens (tertiary/aromatic N) is 1. The van der Waals surface area contributed by atoms with E-state index in [2.05, 4.69) is 25.1 Å². The molecular weight excluding hydrogens is 154 g/mol. The summed E-state index contributed by atoms with van der Waals surface area (Å²) in [5, 5.41) is 0. The van der Waals surface area contributed by atoms with Crippen LogP contribution in [0.5, 0.6) is 0 Å². The highest BCUT2D eigenvalue weighted by molar-refractivity contribution is 7.97. The Morgan fingerprint density at radius 1 is 1.00 bits per heavy atom. The van der Waals surface area contributed by atoms with Crippen molar-refractivity contribution in [2.24, 2.45) is 0 Å². The van der Waals surface area contributed by atoms with Crippen LogP contribution in [0.25, 0.3) is 0 Å². The highest BCUT2D eigenvalue weighted by Gasteiger charge is 1.97. The van der Waals surface area contributed by atoms with Crippen LogP contribution in [0.2, 0.25) is 0 Å². The number of unbranched alkanes of at least 4 members (excludes halogenated alkanes) is 2. The highest BCUT2D eigenvalue weighted by atomic mass is 32.2. The molecule has 0 bridgehead atoms. The normalized spacial score (nSPS) is 10.9. The lowest BCUT2D eigenvalue weighted by Gasteiger charge is -2.15. The van der Waals surface area contributed by atoms with Gasteiger partial charge in [0.15, 0.2) is 0 Å². The first-order chi connectivity index (χ1) is 5.35. The van der Waals surface area contributed by atoms with E-state index in [0.717, 1.165) is 0 Å². The van der Waals surface area contributed by atoms with Crippen LogP contribution >= 0.6 is 11.9 Å². The van der Waals surface area contributed by atoms with Gasteiger partial charge in [0.25, 0.3) is 0 Å². The van der Waals surface area contributed by atoms with Crippen LogP contribution in [0.4, 0.5) is 0 Å². The predicted molar refractivity (Wildman–Crippen MR) is 54.9 cm³/mol. The molecule has 2 heteroatoms. The topological polar surface area (TPSA) is 3.24 Å². The maximum absolute atomic E-state index is 2.41. The van der Waals surface area contributed by atoms with Crippen LogP contribution in [0.3, 0.4) is 0 Å². The van der Waals surface area contributed by atoms with E-state index in [4.69, 9.17) is 0 Å². The van der Waals surface area contributed by atoms with Crippen LogP contribution in [0, 0.1) is 0 Å². The summed E-state index contributed by atoms with van der Waals surface area (Å²) in [4.78, 5) is 0. The Labute approximate surface area is 75.7 Å². The first-order valence-electron chi connectivity index (χ1n) is 4.73. The molecule has 68 valence electrons. The van der Waals surface area contributed by atoms with E-state index < -0.39 is 0 Å². The SMILES string of the molecule is CCCCCSN(CC)CC. The van der Waals surface area contributed by atoms with Crippen molar-refractivity contribution in [3.63, 3.8) is 0 Å². The van der Waals surface area contributed by atoms with Crippen molar-refractivity contribution in [1.82, 2.24) is 4.31 Å². The van der Waals surface area contributed by atoms with Gasteiger partial charge in [0, 0.05) is 18.8 Å². The van der Waals surface area contributed by atoms with Crippen molar-refractivity contribution in [2.45, 2.75) is 40.0 Å². The third-order valence-electron chi connectivity index (χ3n) is 1.73. The van der Waals surface area contributed by atoms with Crippen molar-refractivity contribution in [2.75, 3.05) is 18.8 Å².